The number of hydrogen-bond acceptors (Lipinski definition) is 6. The van der Waals surface area contributed by atoms with Crippen LogP contribution in [0.15, 0.2) is 60.7 Å². The molecule has 0 saturated carbocycles. The van der Waals surface area contributed by atoms with Crippen molar-refractivity contribution in [1.82, 2.24) is 0 Å². The molecule has 124 valence electrons. The van der Waals surface area contributed by atoms with E-state index in [1.165, 1.54) is 0 Å². The van der Waals surface area contributed by atoms with Gasteiger partial charge in [0, 0.05) is 4.92 Å². The van der Waals surface area contributed by atoms with Crippen molar-refractivity contribution in [2.45, 2.75) is 19.3 Å². The van der Waals surface area contributed by atoms with Crippen LogP contribution < -0.4 is 0 Å². The van der Waals surface area contributed by atoms with Crippen molar-refractivity contribution in [1.29, 1.82) is 0 Å². The molecule has 2 rings (SSSR count). The summed E-state index contributed by atoms with van der Waals surface area (Å²) >= 11 is 0. The molecule has 0 aliphatic rings. The molecule has 0 N–H and O–H groups in total. The first-order valence-electron chi connectivity index (χ1n) is 7.12. The lowest BCUT2D eigenvalue weighted by molar-refractivity contribution is -0.499. The van der Waals surface area contributed by atoms with E-state index in [-0.39, 0.29) is 13.2 Å². The van der Waals surface area contributed by atoms with Gasteiger partial charge in [-0.05, 0) is 11.1 Å². The van der Waals surface area contributed by atoms with Gasteiger partial charge in [-0.15, -0.1) is 0 Å². The average molecular weight is 329 g/mol. The minimum atomic E-state index is -2.20. The zero-order valence-electron chi connectivity index (χ0n) is 12.7. The molecule has 0 aromatic heterocycles. The van der Waals surface area contributed by atoms with Crippen molar-refractivity contribution in [3.63, 3.8) is 0 Å². The summed E-state index contributed by atoms with van der Waals surface area (Å²) in [5.74, 6) is -2.50. The number of hydrogen-bond donors (Lipinski definition) is 0. The van der Waals surface area contributed by atoms with Gasteiger partial charge >= 0.3 is 18.0 Å². The van der Waals surface area contributed by atoms with Crippen molar-refractivity contribution < 1.29 is 24.0 Å². The Bertz CT molecular complexity index is 646. The summed E-state index contributed by atoms with van der Waals surface area (Å²) in [6.45, 7) is -0.314. The Balaban J connectivity index is 1.93. The van der Waals surface area contributed by atoms with Crippen LogP contribution in [0.25, 0.3) is 0 Å². The topological polar surface area (TPSA) is 95.7 Å². The summed E-state index contributed by atoms with van der Waals surface area (Å²) in [5, 5.41) is 11.0. The third kappa shape index (κ3) is 4.91. The van der Waals surface area contributed by atoms with E-state index in [1.54, 1.807) is 60.7 Å². The lowest BCUT2D eigenvalue weighted by Crippen LogP contribution is -2.40. The normalized spacial score (nSPS) is 10.2. The molecule has 0 amide bonds. The maximum absolute atomic E-state index is 11.8. The monoisotopic (exact) mass is 329 g/mol. The van der Waals surface area contributed by atoms with Gasteiger partial charge in [-0.3, -0.25) is 10.1 Å². The van der Waals surface area contributed by atoms with Gasteiger partial charge in [0.2, 0.25) is 0 Å². The summed E-state index contributed by atoms with van der Waals surface area (Å²) in [5.41, 5.74) is 1.32. The Labute approximate surface area is 138 Å². The van der Waals surface area contributed by atoms with Gasteiger partial charge < -0.3 is 9.47 Å². The fourth-order valence-corrected chi connectivity index (χ4v) is 1.88. The van der Waals surface area contributed by atoms with E-state index in [0.29, 0.717) is 11.1 Å². The molecule has 2 aromatic rings. The first-order chi connectivity index (χ1) is 11.6. The fourth-order valence-electron chi connectivity index (χ4n) is 1.88. The van der Waals surface area contributed by atoms with Gasteiger partial charge in [-0.25, -0.2) is 9.59 Å². The highest BCUT2D eigenvalue weighted by Crippen LogP contribution is 2.07. The molecule has 0 unspecified atom stereocenters. The summed E-state index contributed by atoms with van der Waals surface area (Å²) in [6.07, 6.45) is 0. The molecule has 0 aliphatic heterocycles. The van der Waals surface area contributed by atoms with E-state index in [1.807, 2.05) is 0 Å². The molecule has 2 aromatic carbocycles. The van der Waals surface area contributed by atoms with Crippen molar-refractivity contribution in [3.05, 3.63) is 81.9 Å². The second kappa shape index (κ2) is 8.42. The predicted octanol–water partition coefficient (Wildman–Crippen LogP) is 2.12. The molecule has 0 aliphatic carbocycles. The maximum atomic E-state index is 11.8. The Morgan fingerprint density at radius 3 is 1.54 bits per heavy atom. The highest BCUT2D eigenvalue weighted by molar-refractivity contribution is 5.97. The smallest absolute Gasteiger partial charge is 0.402 e. The minimum absolute atomic E-state index is 0.157. The molecule has 0 bridgehead atoms. The number of esters is 2. The van der Waals surface area contributed by atoms with Crippen LogP contribution in [0, 0.1) is 10.1 Å². The number of carbonyl (C=O) groups excluding carboxylic acids is 2. The molecule has 0 radical (unpaired) electrons. The standard InChI is InChI=1S/C17H15NO6/c19-16(23-11-13-7-3-1-4-8-13)15(18(21)22)17(20)24-12-14-9-5-2-6-10-14/h1-10,15H,11-12H2. The lowest BCUT2D eigenvalue weighted by atomic mass is 10.2. The molecule has 7 nitrogen and oxygen atoms in total. The Morgan fingerprint density at radius 2 is 1.21 bits per heavy atom. The quantitative estimate of drug-likeness (QED) is 0.334. The summed E-state index contributed by atoms with van der Waals surface area (Å²) < 4.78 is 9.69. The molecule has 24 heavy (non-hydrogen) atoms. The largest absolute Gasteiger partial charge is 0.455 e. The van der Waals surface area contributed by atoms with Crippen LogP contribution in [-0.2, 0) is 32.3 Å². The number of nitro groups is 1. The van der Waals surface area contributed by atoms with Crippen molar-refractivity contribution in [3.8, 4) is 0 Å². The average Bonchev–Trinajstić information content (AvgIpc) is 2.60. The van der Waals surface area contributed by atoms with Crippen LogP contribution in [-0.4, -0.2) is 22.9 Å². The van der Waals surface area contributed by atoms with E-state index in [0.717, 1.165) is 0 Å². The molecule has 0 fully saturated rings. The highest BCUT2D eigenvalue weighted by Gasteiger charge is 2.41. The van der Waals surface area contributed by atoms with Crippen molar-refractivity contribution >= 4 is 11.9 Å². The Morgan fingerprint density at radius 1 is 0.833 bits per heavy atom. The second-order valence-corrected chi connectivity index (χ2v) is 4.87. The molecule has 0 heterocycles. The second-order valence-electron chi connectivity index (χ2n) is 4.87. The third-order valence-electron chi connectivity index (χ3n) is 3.11. The number of ether oxygens (including phenoxy) is 2. The van der Waals surface area contributed by atoms with Crippen LogP contribution >= 0.6 is 0 Å². The summed E-state index contributed by atoms with van der Waals surface area (Å²) in [6, 6.07) is 15.1. The molecule has 7 heteroatoms. The Hall–Kier alpha value is -3.22. The van der Waals surface area contributed by atoms with Gasteiger partial charge in [0.15, 0.2) is 0 Å². The van der Waals surface area contributed by atoms with Gasteiger partial charge in [0.05, 0.1) is 0 Å². The number of nitrogens with zero attached hydrogens (tertiary/aromatic N) is 1. The number of benzene rings is 2. The van der Waals surface area contributed by atoms with E-state index in [2.05, 4.69) is 0 Å². The van der Waals surface area contributed by atoms with E-state index >= 15 is 0 Å². The van der Waals surface area contributed by atoms with Gasteiger partial charge in [0.25, 0.3) is 0 Å². The van der Waals surface area contributed by atoms with Gasteiger partial charge in [0.1, 0.15) is 13.2 Å². The van der Waals surface area contributed by atoms with Crippen LogP contribution in [0.2, 0.25) is 0 Å². The van der Waals surface area contributed by atoms with E-state index in [9.17, 15) is 19.7 Å². The molecular weight excluding hydrogens is 314 g/mol. The van der Waals surface area contributed by atoms with Gasteiger partial charge in [-0.1, -0.05) is 60.7 Å². The van der Waals surface area contributed by atoms with Crippen molar-refractivity contribution in [2.75, 3.05) is 0 Å². The van der Waals surface area contributed by atoms with Crippen LogP contribution in [0.3, 0.4) is 0 Å². The first-order valence-corrected chi connectivity index (χ1v) is 7.12. The molecule has 0 saturated heterocycles. The van der Waals surface area contributed by atoms with Crippen LogP contribution in [0.1, 0.15) is 11.1 Å². The lowest BCUT2D eigenvalue weighted by Gasteiger charge is -2.10. The zero-order chi connectivity index (χ0) is 17.4. The summed E-state index contributed by atoms with van der Waals surface area (Å²) in [7, 11) is 0. The zero-order valence-corrected chi connectivity index (χ0v) is 12.7. The Kier molecular flexibility index (Phi) is 6.01. The van der Waals surface area contributed by atoms with E-state index < -0.39 is 22.9 Å². The number of rotatable bonds is 7. The third-order valence-corrected chi connectivity index (χ3v) is 3.11. The predicted molar refractivity (Wildman–Crippen MR) is 83.3 cm³/mol. The molecule has 0 atom stereocenters. The maximum Gasteiger partial charge on any atom is 0.402 e. The van der Waals surface area contributed by atoms with E-state index in [4.69, 9.17) is 9.47 Å². The van der Waals surface area contributed by atoms with Crippen LogP contribution in [0.4, 0.5) is 0 Å². The molecule has 0 spiro atoms. The van der Waals surface area contributed by atoms with Crippen LogP contribution in [0.5, 0.6) is 0 Å². The van der Waals surface area contributed by atoms with Crippen molar-refractivity contribution in [2.24, 2.45) is 0 Å². The minimum Gasteiger partial charge on any atom is -0.455 e. The summed E-state index contributed by atoms with van der Waals surface area (Å²) in [4.78, 5) is 33.7. The SMILES string of the molecule is O=C(OCc1ccccc1)C(C(=O)OCc1ccccc1)[N+](=O)[O-]. The first kappa shape index (κ1) is 17.1. The highest BCUT2D eigenvalue weighted by atomic mass is 16.6. The fraction of sp³-hybridized carbons (Fsp3) is 0.176. The molecular formula is C17H15NO6. The van der Waals surface area contributed by atoms with Gasteiger partial charge in [-0.2, -0.15) is 0 Å². The number of carbonyl (C=O) groups is 2.